The summed E-state index contributed by atoms with van der Waals surface area (Å²) < 4.78 is 5.12. The Hall–Kier alpha value is -3.42. The Morgan fingerprint density at radius 3 is 2.46 bits per heavy atom. The van der Waals surface area contributed by atoms with Gasteiger partial charge in [0.05, 0.1) is 12.5 Å². The Morgan fingerprint density at radius 1 is 1.11 bits per heavy atom. The number of likely N-dealkylation sites (tertiary alicyclic amines) is 1. The van der Waals surface area contributed by atoms with Crippen LogP contribution in [0.2, 0.25) is 0 Å². The van der Waals surface area contributed by atoms with Gasteiger partial charge in [-0.05, 0) is 48.4 Å². The number of carbonyl (C=O) groups is 3. The third kappa shape index (κ3) is 2.96. The molecular weight excluding hydrogens is 362 g/mol. The quantitative estimate of drug-likeness (QED) is 0.769. The molecular formula is C20H19N3O5. The summed E-state index contributed by atoms with van der Waals surface area (Å²) in [5.41, 5.74) is 0.0361. The summed E-state index contributed by atoms with van der Waals surface area (Å²) >= 11 is 0. The number of benzene rings is 1. The number of pyridine rings is 1. The maximum atomic E-state index is 12.8. The highest BCUT2D eigenvalue weighted by molar-refractivity contribution is 6.06. The number of carbonyl (C=O) groups excluding carboxylic acids is 3. The second kappa shape index (κ2) is 6.63. The lowest BCUT2D eigenvalue weighted by atomic mass is 9.85. The SMILES string of the molecule is COc1ccc(-c2ccc(C(=O)N3CCC4(CC(=O)NC4=O)C3)c(=O)[nH]2)cc1. The smallest absolute Gasteiger partial charge is 0.261 e. The number of rotatable bonds is 3. The minimum absolute atomic E-state index is 0.0130. The van der Waals surface area contributed by atoms with E-state index in [4.69, 9.17) is 4.74 Å². The van der Waals surface area contributed by atoms with Crippen molar-refractivity contribution >= 4 is 17.7 Å². The molecule has 8 heteroatoms. The normalized spacial score (nSPS) is 21.2. The standard InChI is InChI=1S/C20H19N3O5/c1-28-13-4-2-12(3-5-13)15-7-6-14(17(25)21-15)18(26)23-9-8-20(11-23)10-16(24)22-19(20)27/h2-7H,8-11H2,1H3,(H,21,25)(H,22,24,27). The van der Waals surface area contributed by atoms with Gasteiger partial charge in [0.25, 0.3) is 11.5 Å². The maximum Gasteiger partial charge on any atom is 0.261 e. The van der Waals surface area contributed by atoms with Gasteiger partial charge in [-0.1, -0.05) is 0 Å². The summed E-state index contributed by atoms with van der Waals surface area (Å²) in [6.45, 7) is 0.474. The Kier molecular flexibility index (Phi) is 4.26. The molecule has 2 aliphatic rings. The molecule has 1 aromatic carbocycles. The molecule has 1 atom stereocenters. The first-order valence-corrected chi connectivity index (χ1v) is 8.93. The van der Waals surface area contributed by atoms with Gasteiger partial charge in [0, 0.05) is 25.2 Å². The zero-order valence-corrected chi connectivity index (χ0v) is 15.3. The van der Waals surface area contributed by atoms with E-state index < -0.39 is 16.9 Å². The number of nitrogens with one attached hydrogen (secondary N) is 2. The van der Waals surface area contributed by atoms with Crippen molar-refractivity contribution in [2.24, 2.45) is 5.41 Å². The second-order valence-corrected chi connectivity index (χ2v) is 7.15. The predicted molar refractivity (Wildman–Crippen MR) is 99.8 cm³/mol. The predicted octanol–water partition coefficient (Wildman–Crippen LogP) is 0.929. The van der Waals surface area contributed by atoms with Crippen molar-refractivity contribution in [2.75, 3.05) is 20.2 Å². The molecule has 3 amide bonds. The Labute approximate surface area is 160 Å². The molecule has 2 aromatic rings. The molecule has 3 heterocycles. The number of amides is 3. The zero-order chi connectivity index (χ0) is 19.9. The third-order valence-electron chi connectivity index (χ3n) is 5.42. The van der Waals surface area contributed by atoms with E-state index in [2.05, 4.69) is 10.3 Å². The van der Waals surface area contributed by atoms with Crippen molar-refractivity contribution in [3.05, 3.63) is 52.3 Å². The van der Waals surface area contributed by atoms with Gasteiger partial charge in [0.1, 0.15) is 11.3 Å². The van der Waals surface area contributed by atoms with E-state index in [1.165, 1.54) is 11.0 Å². The van der Waals surface area contributed by atoms with E-state index in [0.29, 0.717) is 24.4 Å². The van der Waals surface area contributed by atoms with Crippen LogP contribution in [0, 0.1) is 5.41 Å². The molecule has 0 aliphatic carbocycles. The maximum absolute atomic E-state index is 12.8. The van der Waals surface area contributed by atoms with Crippen LogP contribution in [-0.4, -0.2) is 47.8 Å². The summed E-state index contributed by atoms with van der Waals surface area (Å²) in [4.78, 5) is 53.1. The Bertz CT molecular complexity index is 1030. The number of hydrogen-bond acceptors (Lipinski definition) is 5. The van der Waals surface area contributed by atoms with Crippen LogP contribution in [0.3, 0.4) is 0 Å². The Balaban J connectivity index is 1.55. The fraction of sp³-hybridized carbons (Fsp3) is 0.300. The van der Waals surface area contributed by atoms with E-state index in [1.54, 1.807) is 25.3 Å². The molecule has 0 radical (unpaired) electrons. The number of aromatic amines is 1. The van der Waals surface area contributed by atoms with Crippen molar-refractivity contribution in [3.8, 4) is 17.0 Å². The number of H-pyrrole nitrogens is 1. The highest BCUT2D eigenvalue weighted by atomic mass is 16.5. The average molecular weight is 381 g/mol. The van der Waals surface area contributed by atoms with Crippen LogP contribution in [0.1, 0.15) is 23.2 Å². The number of hydrogen-bond donors (Lipinski definition) is 2. The third-order valence-corrected chi connectivity index (χ3v) is 5.42. The van der Waals surface area contributed by atoms with Crippen molar-refractivity contribution < 1.29 is 19.1 Å². The monoisotopic (exact) mass is 381 g/mol. The molecule has 28 heavy (non-hydrogen) atoms. The van der Waals surface area contributed by atoms with E-state index in [1.807, 2.05) is 12.1 Å². The van der Waals surface area contributed by atoms with E-state index in [0.717, 1.165) is 5.56 Å². The first-order chi connectivity index (χ1) is 13.4. The lowest BCUT2D eigenvalue weighted by Crippen LogP contribution is -2.38. The minimum Gasteiger partial charge on any atom is -0.497 e. The van der Waals surface area contributed by atoms with Crippen molar-refractivity contribution in [2.45, 2.75) is 12.8 Å². The second-order valence-electron chi connectivity index (χ2n) is 7.15. The minimum atomic E-state index is -0.859. The van der Waals surface area contributed by atoms with Crippen LogP contribution >= 0.6 is 0 Å². The summed E-state index contributed by atoms with van der Waals surface area (Å²) in [6.07, 6.45) is 0.501. The largest absolute Gasteiger partial charge is 0.497 e. The topological polar surface area (TPSA) is 109 Å². The van der Waals surface area contributed by atoms with Gasteiger partial charge in [-0.15, -0.1) is 0 Å². The van der Waals surface area contributed by atoms with Crippen LogP contribution in [0.4, 0.5) is 0 Å². The number of imide groups is 1. The molecule has 2 saturated heterocycles. The molecule has 144 valence electrons. The van der Waals surface area contributed by atoms with Gasteiger partial charge in [-0.25, -0.2) is 0 Å². The van der Waals surface area contributed by atoms with Gasteiger partial charge < -0.3 is 14.6 Å². The van der Waals surface area contributed by atoms with E-state index in [9.17, 15) is 19.2 Å². The number of methoxy groups -OCH3 is 1. The highest BCUT2D eigenvalue weighted by Crippen LogP contribution is 2.38. The van der Waals surface area contributed by atoms with Gasteiger partial charge in [0.15, 0.2) is 0 Å². The van der Waals surface area contributed by atoms with Crippen LogP contribution in [-0.2, 0) is 9.59 Å². The fourth-order valence-corrected chi connectivity index (χ4v) is 3.82. The molecule has 0 bridgehead atoms. The molecule has 1 spiro atoms. The van der Waals surface area contributed by atoms with E-state index in [-0.39, 0.29) is 30.3 Å². The van der Waals surface area contributed by atoms with Gasteiger partial charge >= 0.3 is 0 Å². The highest BCUT2D eigenvalue weighted by Gasteiger charge is 2.51. The van der Waals surface area contributed by atoms with Crippen molar-refractivity contribution in [3.63, 3.8) is 0 Å². The number of nitrogens with zero attached hydrogens (tertiary/aromatic N) is 1. The molecule has 1 aromatic heterocycles. The molecule has 8 nitrogen and oxygen atoms in total. The average Bonchev–Trinajstić information content (AvgIpc) is 3.24. The molecule has 2 aliphatic heterocycles. The van der Waals surface area contributed by atoms with Crippen LogP contribution in [0.15, 0.2) is 41.2 Å². The molecule has 1 unspecified atom stereocenters. The lowest BCUT2D eigenvalue weighted by molar-refractivity contribution is -0.128. The van der Waals surface area contributed by atoms with Crippen LogP contribution in [0.5, 0.6) is 5.75 Å². The van der Waals surface area contributed by atoms with Crippen molar-refractivity contribution in [1.29, 1.82) is 0 Å². The molecule has 2 N–H and O–H groups in total. The van der Waals surface area contributed by atoms with Crippen LogP contribution < -0.4 is 15.6 Å². The van der Waals surface area contributed by atoms with Crippen molar-refractivity contribution in [1.82, 2.24) is 15.2 Å². The van der Waals surface area contributed by atoms with Crippen LogP contribution in [0.25, 0.3) is 11.3 Å². The number of ether oxygens (including phenoxy) is 1. The lowest BCUT2D eigenvalue weighted by Gasteiger charge is -2.20. The fourth-order valence-electron chi connectivity index (χ4n) is 3.82. The Morgan fingerprint density at radius 2 is 1.86 bits per heavy atom. The van der Waals surface area contributed by atoms with Gasteiger partial charge in [-0.2, -0.15) is 0 Å². The summed E-state index contributed by atoms with van der Waals surface area (Å²) in [5.74, 6) is -0.389. The zero-order valence-electron chi connectivity index (χ0n) is 15.3. The summed E-state index contributed by atoms with van der Waals surface area (Å²) in [6, 6.07) is 10.4. The van der Waals surface area contributed by atoms with Gasteiger partial charge in [-0.3, -0.25) is 24.5 Å². The summed E-state index contributed by atoms with van der Waals surface area (Å²) in [5, 5.41) is 2.30. The first-order valence-electron chi connectivity index (χ1n) is 8.93. The van der Waals surface area contributed by atoms with E-state index >= 15 is 0 Å². The molecule has 2 fully saturated rings. The van der Waals surface area contributed by atoms with Gasteiger partial charge in [0.2, 0.25) is 11.8 Å². The first kappa shape index (κ1) is 18.0. The number of aromatic nitrogens is 1. The molecule has 0 saturated carbocycles. The molecule has 4 rings (SSSR count). The summed E-state index contributed by atoms with van der Waals surface area (Å²) in [7, 11) is 1.57.